The van der Waals surface area contributed by atoms with E-state index in [4.69, 9.17) is 0 Å². The molecule has 0 N–H and O–H groups in total. The minimum Gasteiger partial charge on any atom is -0.328 e. The van der Waals surface area contributed by atoms with E-state index in [1.165, 1.54) is 16.9 Å². The quantitative estimate of drug-likeness (QED) is 0.792. The van der Waals surface area contributed by atoms with Crippen LogP contribution in [0.1, 0.15) is 45.7 Å². The predicted molar refractivity (Wildman–Crippen MR) is 72.3 cm³/mol. The van der Waals surface area contributed by atoms with E-state index in [0.29, 0.717) is 5.82 Å². The van der Waals surface area contributed by atoms with Crippen LogP contribution in [0.3, 0.4) is 0 Å². The first-order chi connectivity index (χ1) is 8.79. The molecule has 2 aromatic heterocycles. The lowest BCUT2D eigenvalue weighted by atomic mass is 10.2. The van der Waals surface area contributed by atoms with Gasteiger partial charge in [0.05, 0.1) is 4.88 Å². The zero-order valence-electron chi connectivity index (χ0n) is 10.5. The summed E-state index contributed by atoms with van der Waals surface area (Å²) >= 11 is 1.65. The summed E-state index contributed by atoms with van der Waals surface area (Å²) in [4.78, 5) is 18.9. The van der Waals surface area contributed by atoms with Crippen molar-refractivity contribution in [3.05, 3.63) is 39.6 Å². The lowest BCUT2D eigenvalue weighted by Crippen LogP contribution is -2.10. The van der Waals surface area contributed by atoms with Gasteiger partial charge in [-0.1, -0.05) is 6.92 Å². The van der Waals surface area contributed by atoms with Gasteiger partial charge in [0.15, 0.2) is 5.82 Å². The molecule has 0 fully saturated rings. The van der Waals surface area contributed by atoms with Crippen molar-refractivity contribution in [3.63, 3.8) is 0 Å². The molecule has 0 atom stereocenters. The lowest BCUT2D eigenvalue weighted by molar-refractivity contribution is 0.102. The van der Waals surface area contributed by atoms with Gasteiger partial charge in [-0.25, -0.2) is 4.98 Å². The molecule has 4 heteroatoms. The number of imidazole rings is 1. The van der Waals surface area contributed by atoms with Crippen molar-refractivity contribution in [1.82, 2.24) is 9.55 Å². The maximum atomic E-state index is 12.4. The summed E-state index contributed by atoms with van der Waals surface area (Å²) in [6.07, 6.45) is 8.11. The van der Waals surface area contributed by atoms with Crippen LogP contribution in [-0.2, 0) is 19.4 Å². The van der Waals surface area contributed by atoms with Gasteiger partial charge in [0.25, 0.3) is 0 Å². The highest BCUT2D eigenvalue weighted by Crippen LogP contribution is 2.31. The highest BCUT2D eigenvalue weighted by Gasteiger charge is 2.21. The van der Waals surface area contributed by atoms with Crippen LogP contribution in [0.25, 0.3) is 0 Å². The van der Waals surface area contributed by atoms with E-state index in [2.05, 4.69) is 18.0 Å². The largest absolute Gasteiger partial charge is 0.328 e. The number of carbonyl (C=O) groups is 1. The number of rotatable bonds is 4. The molecular formula is C14H16N2OS. The molecule has 0 unspecified atom stereocenters. The fourth-order valence-electron chi connectivity index (χ4n) is 2.49. The van der Waals surface area contributed by atoms with Crippen LogP contribution in [0.15, 0.2) is 18.5 Å². The Kier molecular flexibility index (Phi) is 3.04. The molecule has 0 aliphatic heterocycles. The van der Waals surface area contributed by atoms with Gasteiger partial charge < -0.3 is 4.57 Å². The molecule has 0 radical (unpaired) electrons. The van der Waals surface area contributed by atoms with Gasteiger partial charge in [-0.2, -0.15) is 0 Å². The molecule has 0 amide bonds. The molecule has 2 aromatic rings. The van der Waals surface area contributed by atoms with Gasteiger partial charge in [0.1, 0.15) is 0 Å². The summed E-state index contributed by atoms with van der Waals surface area (Å²) in [6, 6.07) is 2.07. The molecule has 1 aliphatic carbocycles. The average Bonchev–Trinajstić information content (AvgIpc) is 3.02. The zero-order valence-corrected chi connectivity index (χ0v) is 11.3. The fourth-order valence-corrected chi connectivity index (χ4v) is 3.68. The first-order valence-electron chi connectivity index (χ1n) is 6.47. The first-order valence-corrected chi connectivity index (χ1v) is 7.28. The Bertz CT molecular complexity index is 561. The van der Waals surface area contributed by atoms with E-state index in [1.807, 2.05) is 10.8 Å². The standard InChI is InChI=1S/C14H16N2OS/c1-2-7-16-8-6-15-14(16)13(17)12-9-10-4-3-5-11(10)18-12/h6,8-9H,2-5,7H2,1H3. The summed E-state index contributed by atoms with van der Waals surface area (Å²) in [7, 11) is 0. The van der Waals surface area contributed by atoms with E-state index >= 15 is 0 Å². The summed E-state index contributed by atoms with van der Waals surface area (Å²) < 4.78 is 1.95. The third-order valence-corrected chi connectivity index (χ3v) is 4.59. The van der Waals surface area contributed by atoms with Crippen molar-refractivity contribution in [1.29, 1.82) is 0 Å². The molecule has 3 nitrogen and oxygen atoms in total. The summed E-state index contributed by atoms with van der Waals surface area (Å²) in [5.74, 6) is 0.657. The van der Waals surface area contributed by atoms with E-state index in [9.17, 15) is 4.79 Å². The van der Waals surface area contributed by atoms with Crippen LogP contribution in [-0.4, -0.2) is 15.3 Å². The predicted octanol–water partition coefficient (Wildman–Crippen LogP) is 3.07. The summed E-state index contributed by atoms with van der Waals surface area (Å²) in [5.41, 5.74) is 1.37. The van der Waals surface area contributed by atoms with Crippen molar-refractivity contribution < 1.29 is 4.79 Å². The number of fused-ring (bicyclic) bond motifs is 1. The molecular weight excluding hydrogens is 244 g/mol. The Labute approximate surface area is 110 Å². The van der Waals surface area contributed by atoms with Crippen LogP contribution >= 0.6 is 11.3 Å². The van der Waals surface area contributed by atoms with Crippen LogP contribution in [0.4, 0.5) is 0 Å². The molecule has 94 valence electrons. The van der Waals surface area contributed by atoms with Crippen LogP contribution in [0, 0.1) is 0 Å². The number of nitrogens with zero attached hydrogens (tertiary/aromatic N) is 2. The number of ketones is 1. The second kappa shape index (κ2) is 4.69. The Balaban J connectivity index is 1.91. The smallest absolute Gasteiger partial charge is 0.238 e. The van der Waals surface area contributed by atoms with Crippen molar-refractivity contribution in [2.45, 2.75) is 39.2 Å². The second-order valence-electron chi connectivity index (χ2n) is 4.69. The fraction of sp³-hybridized carbons (Fsp3) is 0.429. The number of thiophene rings is 1. The maximum absolute atomic E-state index is 12.4. The number of carbonyl (C=O) groups excluding carboxylic acids is 1. The van der Waals surface area contributed by atoms with Crippen LogP contribution in [0.5, 0.6) is 0 Å². The average molecular weight is 260 g/mol. The Morgan fingerprint density at radius 2 is 2.39 bits per heavy atom. The van der Waals surface area contributed by atoms with E-state index < -0.39 is 0 Å². The van der Waals surface area contributed by atoms with Crippen molar-refractivity contribution >= 4 is 17.1 Å². The van der Waals surface area contributed by atoms with E-state index in [1.54, 1.807) is 17.5 Å². The molecule has 18 heavy (non-hydrogen) atoms. The van der Waals surface area contributed by atoms with E-state index in [-0.39, 0.29) is 5.78 Å². The molecule has 1 aliphatic rings. The Hall–Kier alpha value is -1.42. The van der Waals surface area contributed by atoms with Gasteiger partial charge in [0, 0.05) is 23.8 Å². The van der Waals surface area contributed by atoms with Gasteiger partial charge >= 0.3 is 0 Å². The minimum atomic E-state index is 0.0767. The molecule has 3 rings (SSSR count). The third-order valence-electron chi connectivity index (χ3n) is 3.35. The van der Waals surface area contributed by atoms with Gasteiger partial charge in [-0.3, -0.25) is 4.79 Å². The third kappa shape index (κ3) is 1.90. The summed E-state index contributed by atoms with van der Waals surface area (Å²) in [5, 5.41) is 0. The highest BCUT2D eigenvalue weighted by molar-refractivity contribution is 7.14. The number of hydrogen-bond acceptors (Lipinski definition) is 3. The topological polar surface area (TPSA) is 34.9 Å². The molecule has 0 saturated heterocycles. The Morgan fingerprint density at radius 1 is 1.50 bits per heavy atom. The van der Waals surface area contributed by atoms with Crippen molar-refractivity contribution in [2.75, 3.05) is 0 Å². The second-order valence-corrected chi connectivity index (χ2v) is 5.82. The van der Waals surface area contributed by atoms with Crippen LogP contribution in [0.2, 0.25) is 0 Å². The van der Waals surface area contributed by atoms with Crippen LogP contribution < -0.4 is 0 Å². The molecule has 0 spiro atoms. The highest BCUT2D eigenvalue weighted by atomic mass is 32.1. The van der Waals surface area contributed by atoms with Gasteiger partial charge in [-0.05, 0) is 37.3 Å². The first kappa shape index (κ1) is 11.7. The molecule has 0 bridgehead atoms. The van der Waals surface area contributed by atoms with Crippen molar-refractivity contribution in [2.24, 2.45) is 0 Å². The Morgan fingerprint density at radius 3 is 3.17 bits per heavy atom. The molecule has 0 saturated carbocycles. The SMILES string of the molecule is CCCn1ccnc1C(=O)c1cc2c(s1)CCC2. The molecule has 0 aromatic carbocycles. The van der Waals surface area contributed by atoms with E-state index in [0.717, 1.165) is 30.7 Å². The van der Waals surface area contributed by atoms with Crippen molar-refractivity contribution in [3.8, 4) is 0 Å². The molecule has 2 heterocycles. The maximum Gasteiger partial charge on any atom is 0.238 e. The number of aryl methyl sites for hydroxylation is 3. The van der Waals surface area contributed by atoms with Gasteiger partial charge in [-0.15, -0.1) is 11.3 Å². The monoisotopic (exact) mass is 260 g/mol. The van der Waals surface area contributed by atoms with Gasteiger partial charge in [0.2, 0.25) is 5.78 Å². The normalized spacial score (nSPS) is 13.8. The zero-order chi connectivity index (χ0) is 12.5. The number of hydrogen-bond donors (Lipinski definition) is 0. The lowest BCUT2D eigenvalue weighted by Gasteiger charge is -2.03. The minimum absolute atomic E-state index is 0.0767. The summed E-state index contributed by atoms with van der Waals surface area (Å²) in [6.45, 7) is 2.96. The number of aromatic nitrogens is 2.